The van der Waals surface area contributed by atoms with Gasteiger partial charge in [0.05, 0.1) is 25.1 Å². The van der Waals surface area contributed by atoms with Crippen LogP contribution in [-0.4, -0.2) is 18.0 Å². The minimum atomic E-state index is -0.135. The number of carbonyl (C=O) groups excluding carboxylic acids is 1. The molecule has 1 N–H and O–H groups in total. The molecular formula is C12H14N2O3S. The number of nitrogens with one attached hydrogen (secondary N) is 1. The van der Waals surface area contributed by atoms with Crippen LogP contribution in [0.15, 0.2) is 22.8 Å². The van der Waals surface area contributed by atoms with Gasteiger partial charge in [-0.2, -0.15) is 0 Å². The molecule has 0 radical (unpaired) electrons. The number of rotatable bonds is 5. The lowest BCUT2D eigenvalue weighted by Crippen LogP contribution is -2.22. The molecule has 0 aliphatic carbocycles. The number of hydrogen-bond donors (Lipinski definition) is 1. The number of furan rings is 1. The number of methoxy groups -OCH3 is 1. The molecule has 0 saturated heterocycles. The fourth-order valence-electron chi connectivity index (χ4n) is 1.51. The number of aryl methyl sites for hydroxylation is 1. The minimum Gasteiger partial charge on any atom is -0.467 e. The van der Waals surface area contributed by atoms with Gasteiger partial charge >= 0.3 is 0 Å². The summed E-state index contributed by atoms with van der Waals surface area (Å²) in [6.07, 6.45) is 1.58. The molecule has 1 amide bonds. The Morgan fingerprint density at radius 2 is 2.44 bits per heavy atom. The van der Waals surface area contributed by atoms with E-state index in [1.807, 2.05) is 13.0 Å². The van der Waals surface area contributed by atoms with Crippen molar-refractivity contribution >= 4 is 17.2 Å². The number of carbonyl (C=O) groups is 1. The molecule has 0 saturated carbocycles. The summed E-state index contributed by atoms with van der Waals surface area (Å²) in [7, 11) is 1.60. The molecule has 2 aromatic heterocycles. The predicted octanol–water partition coefficient (Wildman–Crippen LogP) is 2.12. The summed E-state index contributed by atoms with van der Waals surface area (Å²) in [6.45, 7) is 2.62. The molecule has 18 heavy (non-hydrogen) atoms. The van der Waals surface area contributed by atoms with Crippen molar-refractivity contribution in [2.24, 2.45) is 0 Å². The van der Waals surface area contributed by atoms with Gasteiger partial charge in [0.25, 0.3) is 5.91 Å². The first-order valence-corrected chi connectivity index (χ1v) is 6.28. The quantitative estimate of drug-likeness (QED) is 0.900. The van der Waals surface area contributed by atoms with E-state index in [2.05, 4.69) is 10.3 Å². The van der Waals surface area contributed by atoms with Crippen LogP contribution < -0.4 is 5.32 Å². The molecule has 0 atom stereocenters. The second kappa shape index (κ2) is 5.79. The summed E-state index contributed by atoms with van der Waals surface area (Å²) >= 11 is 1.35. The largest absolute Gasteiger partial charge is 0.467 e. The van der Waals surface area contributed by atoms with Crippen LogP contribution in [0.4, 0.5) is 0 Å². The van der Waals surface area contributed by atoms with Gasteiger partial charge in [0, 0.05) is 7.11 Å². The maximum Gasteiger partial charge on any atom is 0.263 e. The van der Waals surface area contributed by atoms with Crippen molar-refractivity contribution in [3.63, 3.8) is 0 Å². The van der Waals surface area contributed by atoms with Gasteiger partial charge in [0.1, 0.15) is 15.6 Å². The first-order valence-electron chi connectivity index (χ1n) is 5.46. The molecule has 0 unspecified atom stereocenters. The fourth-order valence-corrected chi connectivity index (χ4v) is 2.46. The number of hydrogen-bond acceptors (Lipinski definition) is 5. The zero-order chi connectivity index (χ0) is 13.0. The number of thiazole rings is 1. The number of ether oxygens (including phenoxy) is 1. The third-order valence-corrected chi connectivity index (χ3v) is 3.45. The molecule has 0 aromatic carbocycles. The number of aromatic nitrogens is 1. The van der Waals surface area contributed by atoms with Gasteiger partial charge in [-0.15, -0.1) is 11.3 Å². The first-order chi connectivity index (χ1) is 8.70. The van der Waals surface area contributed by atoms with Crippen LogP contribution in [0.5, 0.6) is 0 Å². The van der Waals surface area contributed by atoms with E-state index in [0.717, 1.165) is 16.5 Å². The van der Waals surface area contributed by atoms with E-state index in [1.165, 1.54) is 11.3 Å². The van der Waals surface area contributed by atoms with Gasteiger partial charge in [0.15, 0.2) is 0 Å². The fraction of sp³-hybridized carbons (Fsp3) is 0.333. The van der Waals surface area contributed by atoms with Gasteiger partial charge in [0.2, 0.25) is 0 Å². The Kier molecular flexibility index (Phi) is 4.11. The Balaban J connectivity index is 2.00. The SMILES string of the molecule is COCc1nc(C)c(C(=O)NCc2ccco2)s1. The molecule has 0 aliphatic heterocycles. The molecule has 0 aliphatic rings. The molecule has 0 bridgehead atoms. The normalized spacial score (nSPS) is 10.6. The third-order valence-electron chi connectivity index (χ3n) is 2.32. The van der Waals surface area contributed by atoms with Crippen LogP contribution in [-0.2, 0) is 17.9 Å². The minimum absolute atomic E-state index is 0.135. The van der Waals surface area contributed by atoms with Crippen molar-refractivity contribution in [3.05, 3.63) is 39.7 Å². The Morgan fingerprint density at radius 3 is 3.11 bits per heavy atom. The zero-order valence-corrected chi connectivity index (χ0v) is 11.0. The summed E-state index contributed by atoms with van der Waals surface area (Å²) in [5, 5.41) is 3.60. The van der Waals surface area contributed by atoms with E-state index in [9.17, 15) is 4.79 Å². The lowest BCUT2D eigenvalue weighted by Gasteiger charge is -2.01. The maximum atomic E-state index is 12.0. The smallest absolute Gasteiger partial charge is 0.263 e. The summed E-state index contributed by atoms with van der Waals surface area (Å²) < 4.78 is 10.1. The molecule has 2 rings (SSSR count). The zero-order valence-electron chi connectivity index (χ0n) is 10.2. The Morgan fingerprint density at radius 1 is 1.61 bits per heavy atom. The van der Waals surface area contributed by atoms with Gasteiger partial charge in [-0.25, -0.2) is 4.98 Å². The van der Waals surface area contributed by atoms with E-state index in [1.54, 1.807) is 19.4 Å². The molecule has 0 spiro atoms. The van der Waals surface area contributed by atoms with Gasteiger partial charge in [-0.3, -0.25) is 4.79 Å². The lowest BCUT2D eigenvalue weighted by molar-refractivity contribution is 0.0951. The van der Waals surface area contributed by atoms with Crippen LogP contribution in [0.1, 0.15) is 26.1 Å². The van der Waals surface area contributed by atoms with Crippen LogP contribution in [0.2, 0.25) is 0 Å². The highest BCUT2D eigenvalue weighted by Gasteiger charge is 2.15. The molecule has 2 heterocycles. The van der Waals surface area contributed by atoms with Crippen molar-refractivity contribution in [2.45, 2.75) is 20.1 Å². The molecule has 96 valence electrons. The Hall–Kier alpha value is -1.66. The highest BCUT2D eigenvalue weighted by molar-refractivity contribution is 7.13. The number of amides is 1. The van der Waals surface area contributed by atoms with E-state index >= 15 is 0 Å². The Labute approximate surface area is 109 Å². The summed E-state index contributed by atoms with van der Waals surface area (Å²) in [5.74, 6) is 0.589. The van der Waals surface area contributed by atoms with E-state index < -0.39 is 0 Å². The van der Waals surface area contributed by atoms with Crippen molar-refractivity contribution in [1.82, 2.24) is 10.3 Å². The van der Waals surface area contributed by atoms with Crippen LogP contribution in [0.3, 0.4) is 0 Å². The second-order valence-corrected chi connectivity index (χ2v) is 4.80. The van der Waals surface area contributed by atoms with Crippen LogP contribution in [0.25, 0.3) is 0 Å². The molecular weight excluding hydrogens is 252 g/mol. The number of nitrogens with zero attached hydrogens (tertiary/aromatic N) is 1. The lowest BCUT2D eigenvalue weighted by atomic mass is 10.3. The molecule has 6 heteroatoms. The van der Waals surface area contributed by atoms with Crippen molar-refractivity contribution in [1.29, 1.82) is 0 Å². The first kappa shape index (κ1) is 12.8. The van der Waals surface area contributed by atoms with Crippen LogP contribution in [0, 0.1) is 6.92 Å². The summed E-state index contributed by atoms with van der Waals surface area (Å²) in [4.78, 5) is 16.8. The van der Waals surface area contributed by atoms with E-state index in [4.69, 9.17) is 9.15 Å². The second-order valence-electron chi connectivity index (χ2n) is 3.72. The maximum absolute atomic E-state index is 12.0. The molecule has 0 fully saturated rings. The Bertz CT molecular complexity index is 519. The monoisotopic (exact) mass is 266 g/mol. The average molecular weight is 266 g/mol. The highest BCUT2D eigenvalue weighted by Crippen LogP contribution is 2.18. The summed E-state index contributed by atoms with van der Waals surface area (Å²) in [5.41, 5.74) is 0.726. The third kappa shape index (κ3) is 2.96. The van der Waals surface area contributed by atoms with Gasteiger partial charge in [-0.1, -0.05) is 0 Å². The van der Waals surface area contributed by atoms with E-state index in [0.29, 0.717) is 18.0 Å². The van der Waals surface area contributed by atoms with Crippen molar-refractivity contribution in [3.8, 4) is 0 Å². The van der Waals surface area contributed by atoms with Gasteiger partial charge in [-0.05, 0) is 19.1 Å². The van der Waals surface area contributed by atoms with Crippen LogP contribution >= 0.6 is 11.3 Å². The van der Waals surface area contributed by atoms with Crippen molar-refractivity contribution < 1.29 is 13.9 Å². The van der Waals surface area contributed by atoms with Crippen molar-refractivity contribution in [2.75, 3.05) is 7.11 Å². The summed E-state index contributed by atoms with van der Waals surface area (Å²) in [6, 6.07) is 3.60. The topological polar surface area (TPSA) is 64.4 Å². The van der Waals surface area contributed by atoms with Gasteiger partial charge < -0.3 is 14.5 Å². The predicted molar refractivity (Wildman–Crippen MR) is 67.4 cm³/mol. The molecule has 2 aromatic rings. The standard InChI is InChI=1S/C12H14N2O3S/c1-8-11(18-10(14-8)7-16-2)12(15)13-6-9-4-3-5-17-9/h3-5H,6-7H2,1-2H3,(H,13,15). The van der Waals surface area contributed by atoms with E-state index in [-0.39, 0.29) is 5.91 Å². The highest BCUT2D eigenvalue weighted by atomic mass is 32.1. The average Bonchev–Trinajstić information content (AvgIpc) is 2.96. The molecule has 5 nitrogen and oxygen atoms in total.